The van der Waals surface area contributed by atoms with Gasteiger partial charge >= 0.3 is 6.18 Å². The first-order chi connectivity index (χ1) is 16.8. The maximum absolute atomic E-state index is 13.1. The quantitative estimate of drug-likeness (QED) is 0.190. The van der Waals surface area contributed by atoms with Crippen LogP contribution in [0.3, 0.4) is 0 Å². The van der Waals surface area contributed by atoms with Crippen LogP contribution in [0.1, 0.15) is 18.4 Å². The standard InChI is InChI=1S/C24H17F3N4O2S2/c1-2-31-22(32)20-17(12-18(35-20)14-7-4-3-5-8-14)28-23(31)34-13-19-29-21(30-33-19)15-9-6-10-16(11-15)24(25,26)27/h3-12H,2,13H2,1H3. The summed E-state index contributed by atoms with van der Waals surface area (Å²) >= 11 is 2.66. The summed E-state index contributed by atoms with van der Waals surface area (Å²) in [5.74, 6) is 0.489. The van der Waals surface area contributed by atoms with Gasteiger partial charge in [-0.25, -0.2) is 4.98 Å². The number of hydrogen-bond donors (Lipinski definition) is 0. The monoisotopic (exact) mass is 514 g/mol. The molecule has 3 aromatic heterocycles. The zero-order valence-electron chi connectivity index (χ0n) is 18.2. The van der Waals surface area contributed by atoms with E-state index < -0.39 is 11.7 Å². The lowest BCUT2D eigenvalue weighted by Crippen LogP contribution is -2.21. The summed E-state index contributed by atoms with van der Waals surface area (Å²) in [4.78, 5) is 23.0. The minimum atomic E-state index is -4.46. The molecule has 0 saturated heterocycles. The molecule has 0 N–H and O–H groups in total. The zero-order chi connectivity index (χ0) is 24.6. The van der Waals surface area contributed by atoms with Gasteiger partial charge in [-0.05, 0) is 30.7 Å². The summed E-state index contributed by atoms with van der Waals surface area (Å²) in [6.07, 6.45) is -4.46. The number of aromatic nitrogens is 4. The predicted octanol–water partition coefficient (Wildman–Crippen LogP) is 6.51. The van der Waals surface area contributed by atoms with E-state index in [0.717, 1.165) is 22.6 Å². The first kappa shape index (κ1) is 23.3. The molecule has 0 fully saturated rings. The Morgan fingerprint density at radius 1 is 1.03 bits per heavy atom. The highest BCUT2D eigenvalue weighted by Gasteiger charge is 2.30. The summed E-state index contributed by atoms with van der Waals surface area (Å²) in [5.41, 5.74) is 0.922. The molecule has 0 unspecified atom stereocenters. The van der Waals surface area contributed by atoms with Crippen molar-refractivity contribution in [2.75, 3.05) is 0 Å². The van der Waals surface area contributed by atoms with Crippen molar-refractivity contribution < 1.29 is 17.7 Å². The van der Waals surface area contributed by atoms with Gasteiger partial charge in [0.1, 0.15) is 4.70 Å². The van der Waals surface area contributed by atoms with E-state index >= 15 is 0 Å². The van der Waals surface area contributed by atoms with Crippen molar-refractivity contribution in [1.82, 2.24) is 19.7 Å². The topological polar surface area (TPSA) is 73.8 Å². The molecule has 0 bridgehead atoms. The number of rotatable bonds is 6. The maximum atomic E-state index is 13.1. The Morgan fingerprint density at radius 2 is 1.80 bits per heavy atom. The van der Waals surface area contributed by atoms with Crippen molar-refractivity contribution in [3.8, 4) is 21.8 Å². The molecule has 3 heterocycles. The Hall–Kier alpha value is -3.44. The Morgan fingerprint density at radius 3 is 2.54 bits per heavy atom. The molecule has 0 aliphatic heterocycles. The van der Waals surface area contributed by atoms with Gasteiger partial charge < -0.3 is 4.52 Å². The highest BCUT2D eigenvalue weighted by molar-refractivity contribution is 7.98. The van der Waals surface area contributed by atoms with Crippen LogP contribution in [-0.2, 0) is 18.5 Å². The van der Waals surface area contributed by atoms with E-state index in [-0.39, 0.29) is 28.6 Å². The van der Waals surface area contributed by atoms with Crippen LogP contribution in [0.25, 0.3) is 32.0 Å². The third-order valence-electron chi connectivity index (χ3n) is 5.21. The van der Waals surface area contributed by atoms with Crippen LogP contribution < -0.4 is 5.56 Å². The van der Waals surface area contributed by atoms with Crippen LogP contribution in [0.4, 0.5) is 13.2 Å². The average Bonchev–Trinajstić information content (AvgIpc) is 3.51. The number of fused-ring (bicyclic) bond motifs is 1. The van der Waals surface area contributed by atoms with E-state index in [1.807, 2.05) is 43.3 Å². The Balaban J connectivity index is 1.41. The van der Waals surface area contributed by atoms with Crippen LogP contribution >= 0.6 is 23.1 Å². The molecule has 6 nitrogen and oxygen atoms in total. The number of benzene rings is 2. The summed E-state index contributed by atoms with van der Waals surface area (Å²) in [6, 6.07) is 16.4. The van der Waals surface area contributed by atoms with Crippen molar-refractivity contribution in [1.29, 1.82) is 0 Å². The average molecular weight is 515 g/mol. The second-order valence-corrected chi connectivity index (χ2v) is 9.51. The van der Waals surface area contributed by atoms with Gasteiger partial charge in [-0.3, -0.25) is 9.36 Å². The van der Waals surface area contributed by atoms with Crippen LogP contribution in [-0.4, -0.2) is 19.7 Å². The molecule has 2 aromatic carbocycles. The first-order valence-electron chi connectivity index (χ1n) is 10.6. The third-order valence-corrected chi connectivity index (χ3v) is 7.34. The molecule has 178 valence electrons. The second kappa shape index (κ2) is 9.31. The van der Waals surface area contributed by atoms with Crippen molar-refractivity contribution in [2.45, 2.75) is 30.6 Å². The van der Waals surface area contributed by atoms with Crippen LogP contribution in [0.5, 0.6) is 0 Å². The molecule has 0 radical (unpaired) electrons. The molecule has 0 amide bonds. The van der Waals surface area contributed by atoms with Gasteiger partial charge in [0.25, 0.3) is 5.56 Å². The molecular formula is C24H17F3N4O2S2. The van der Waals surface area contributed by atoms with E-state index in [1.165, 1.54) is 35.2 Å². The van der Waals surface area contributed by atoms with Gasteiger partial charge in [0.05, 0.1) is 16.8 Å². The van der Waals surface area contributed by atoms with E-state index in [4.69, 9.17) is 9.51 Å². The maximum Gasteiger partial charge on any atom is 0.416 e. The molecule has 35 heavy (non-hydrogen) atoms. The van der Waals surface area contributed by atoms with Crippen LogP contribution in [0, 0.1) is 0 Å². The van der Waals surface area contributed by atoms with E-state index in [2.05, 4.69) is 10.1 Å². The highest BCUT2D eigenvalue weighted by atomic mass is 32.2. The minimum absolute atomic E-state index is 0.0633. The van der Waals surface area contributed by atoms with Crippen molar-refractivity contribution in [3.63, 3.8) is 0 Å². The number of alkyl halides is 3. The summed E-state index contributed by atoms with van der Waals surface area (Å²) in [6.45, 7) is 2.30. The van der Waals surface area contributed by atoms with Gasteiger partial charge in [-0.15, -0.1) is 11.3 Å². The molecule has 0 atom stereocenters. The number of hydrogen-bond acceptors (Lipinski definition) is 7. The Labute approximate surface area is 205 Å². The molecule has 0 spiro atoms. The molecule has 0 saturated carbocycles. The highest BCUT2D eigenvalue weighted by Crippen LogP contribution is 2.33. The molecular weight excluding hydrogens is 497 g/mol. The van der Waals surface area contributed by atoms with E-state index in [1.54, 1.807) is 4.57 Å². The summed E-state index contributed by atoms with van der Waals surface area (Å²) in [7, 11) is 0. The van der Waals surface area contributed by atoms with Gasteiger partial charge in [0.15, 0.2) is 5.16 Å². The van der Waals surface area contributed by atoms with Crippen LogP contribution in [0.15, 0.2) is 75.1 Å². The van der Waals surface area contributed by atoms with Gasteiger partial charge in [-0.1, -0.05) is 59.4 Å². The van der Waals surface area contributed by atoms with Crippen molar-refractivity contribution in [3.05, 3.63) is 82.5 Å². The molecule has 0 aliphatic rings. The SMILES string of the molecule is CCn1c(SCc2nc(-c3cccc(C(F)(F)F)c3)no2)nc2cc(-c3ccccc3)sc2c1=O. The second-order valence-electron chi connectivity index (χ2n) is 7.51. The lowest BCUT2D eigenvalue weighted by Gasteiger charge is -2.08. The normalized spacial score (nSPS) is 11.9. The number of thiophene rings is 1. The Bertz CT molecular complexity index is 1560. The smallest absolute Gasteiger partial charge is 0.338 e. The fourth-order valence-electron chi connectivity index (χ4n) is 3.52. The van der Waals surface area contributed by atoms with E-state index in [0.29, 0.717) is 21.9 Å². The lowest BCUT2D eigenvalue weighted by atomic mass is 10.1. The fourth-order valence-corrected chi connectivity index (χ4v) is 5.47. The van der Waals surface area contributed by atoms with Crippen molar-refractivity contribution >= 4 is 33.3 Å². The third kappa shape index (κ3) is 4.73. The van der Waals surface area contributed by atoms with Crippen LogP contribution in [0.2, 0.25) is 0 Å². The molecule has 0 aliphatic carbocycles. The molecule has 11 heteroatoms. The fraction of sp³-hybridized carbons (Fsp3) is 0.167. The van der Waals surface area contributed by atoms with Gasteiger partial charge in [0.2, 0.25) is 11.7 Å². The number of thioether (sulfide) groups is 1. The minimum Gasteiger partial charge on any atom is -0.338 e. The zero-order valence-corrected chi connectivity index (χ0v) is 19.9. The Kier molecular flexibility index (Phi) is 6.20. The first-order valence-corrected chi connectivity index (χ1v) is 12.4. The molecule has 5 rings (SSSR count). The lowest BCUT2D eigenvalue weighted by molar-refractivity contribution is -0.137. The largest absolute Gasteiger partial charge is 0.416 e. The number of halogens is 3. The summed E-state index contributed by atoms with van der Waals surface area (Å²) in [5, 5.41) is 4.32. The number of nitrogens with zero attached hydrogens (tertiary/aromatic N) is 4. The van der Waals surface area contributed by atoms with Crippen molar-refractivity contribution in [2.24, 2.45) is 0 Å². The summed E-state index contributed by atoms with van der Waals surface area (Å²) < 4.78 is 46.4. The van der Waals surface area contributed by atoms with Gasteiger partial charge in [0, 0.05) is 17.0 Å². The van der Waals surface area contributed by atoms with Gasteiger partial charge in [-0.2, -0.15) is 18.2 Å². The van der Waals surface area contributed by atoms with E-state index in [9.17, 15) is 18.0 Å². The predicted molar refractivity (Wildman–Crippen MR) is 129 cm³/mol. The molecule has 5 aromatic rings.